The molecule has 3 N–H and O–H groups in total. The van der Waals surface area contributed by atoms with E-state index in [1.54, 1.807) is 6.07 Å². The van der Waals surface area contributed by atoms with Gasteiger partial charge < -0.3 is 11.1 Å². The summed E-state index contributed by atoms with van der Waals surface area (Å²) in [4.78, 5) is 23.6. The van der Waals surface area contributed by atoms with Gasteiger partial charge in [-0.15, -0.1) is 0 Å². The van der Waals surface area contributed by atoms with Crippen LogP contribution in [0, 0.1) is 12.3 Å². The van der Waals surface area contributed by atoms with Gasteiger partial charge in [0.05, 0.1) is 0 Å². The van der Waals surface area contributed by atoms with Crippen molar-refractivity contribution in [2.45, 2.75) is 26.2 Å². The number of amides is 2. The van der Waals surface area contributed by atoms with Crippen molar-refractivity contribution in [1.82, 2.24) is 9.69 Å². The lowest BCUT2D eigenvalue weighted by atomic mass is 10.0. The second-order valence-electron chi connectivity index (χ2n) is 4.65. The number of nitrogens with one attached hydrogen (secondary N) is 1. The van der Waals surface area contributed by atoms with Crippen LogP contribution in [0.4, 0.5) is 0 Å². The van der Waals surface area contributed by atoms with E-state index in [-0.39, 0.29) is 17.2 Å². The summed E-state index contributed by atoms with van der Waals surface area (Å²) in [6, 6.07) is 1.76. The van der Waals surface area contributed by atoms with Gasteiger partial charge in [-0.25, -0.2) is 0 Å². The summed E-state index contributed by atoms with van der Waals surface area (Å²) < 4.78 is 4.04. The summed E-state index contributed by atoms with van der Waals surface area (Å²) in [5, 5.41) is 2.82. The number of carbonyl (C=O) groups excluding carboxylic acids is 2. The average Bonchev–Trinajstić information content (AvgIpc) is 2.86. The molecule has 92 valence electrons. The smallest absolute Gasteiger partial charge is 0.271 e. The molecular weight excluding hydrogens is 238 g/mol. The van der Waals surface area contributed by atoms with E-state index < -0.39 is 0 Å². The number of hydrogen-bond acceptors (Lipinski definition) is 4. The van der Waals surface area contributed by atoms with Gasteiger partial charge in [-0.3, -0.25) is 9.59 Å². The Labute approximate surface area is 104 Å². The van der Waals surface area contributed by atoms with E-state index in [1.165, 1.54) is 11.5 Å². The highest BCUT2D eigenvalue weighted by atomic mass is 32.1. The van der Waals surface area contributed by atoms with E-state index in [4.69, 9.17) is 5.73 Å². The lowest BCUT2D eigenvalue weighted by molar-refractivity contribution is -0.119. The fourth-order valence-electron chi connectivity index (χ4n) is 1.79. The fourth-order valence-corrected chi connectivity index (χ4v) is 2.34. The van der Waals surface area contributed by atoms with E-state index in [0.29, 0.717) is 18.7 Å². The Morgan fingerprint density at radius 3 is 2.76 bits per heavy atom. The summed E-state index contributed by atoms with van der Waals surface area (Å²) in [6.45, 7) is 2.41. The van der Waals surface area contributed by atoms with Crippen LogP contribution in [0.5, 0.6) is 0 Å². The number of nitrogens with zero attached hydrogens (tertiary/aromatic N) is 1. The Balaban J connectivity index is 1.86. The second kappa shape index (κ2) is 4.44. The highest BCUT2D eigenvalue weighted by molar-refractivity contribution is 7.05. The topological polar surface area (TPSA) is 85.1 Å². The Morgan fingerprint density at radius 2 is 2.29 bits per heavy atom. The molecule has 1 heterocycles. The Bertz CT molecular complexity index is 451. The number of nitrogens with two attached hydrogens (primary N) is 1. The number of aromatic nitrogens is 1. The first-order chi connectivity index (χ1) is 8.01. The van der Waals surface area contributed by atoms with Crippen molar-refractivity contribution in [1.29, 1.82) is 0 Å². The first-order valence-electron chi connectivity index (χ1n) is 5.51. The molecule has 0 radical (unpaired) electrons. The lowest BCUT2D eigenvalue weighted by Gasteiger charge is -2.13. The van der Waals surface area contributed by atoms with Gasteiger partial charge in [0.1, 0.15) is 5.69 Å². The molecule has 0 atom stereocenters. The fraction of sp³-hybridized carbons (Fsp3) is 0.545. The molecule has 0 unspecified atom stereocenters. The summed E-state index contributed by atoms with van der Waals surface area (Å²) in [5.74, 6) is -0.480. The van der Waals surface area contributed by atoms with E-state index in [9.17, 15) is 9.59 Å². The molecule has 2 amide bonds. The standard InChI is InChI=1S/C11H15N3O2S/c1-7-4-8(14-17-7)10(16)13-6-11(2-3-11)5-9(12)15/h4H,2-3,5-6H2,1H3,(H2,12,15)(H,13,16). The van der Waals surface area contributed by atoms with Gasteiger partial charge in [0.15, 0.2) is 0 Å². The molecule has 0 bridgehead atoms. The Kier molecular flexibility index (Phi) is 3.15. The molecule has 0 aromatic carbocycles. The van der Waals surface area contributed by atoms with Crippen molar-refractivity contribution >= 4 is 23.3 Å². The van der Waals surface area contributed by atoms with Crippen molar-refractivity contribution in [2.24, 2.45) is 11.1 Å². The zero-order chi connectivity index (χ0) is 12.5. The number of rotatable bonds is 5. The minimum absolute atomic E-state index is 0.0907. The van der Waals surface area contributed by atoms with Crippen LogP contribution in [0.2, 0.25) is 0 Å². The minimum atomic E-state index is -0.304. The van der Waals surface area contributed by atoms with Crippen molar-refractivity contribution in [3.05, 3.63) is 16.6 Å². The SMILES string of the molecule is Cc1cc(C(=O)NCC2(CC(N)=O)CC2)ns1. The molecule has 1 saturated carbocycles. The third kappa shape index (κ3) is 3.03. The normalized spacial score (nSPS) is 16.5. The number of carbonyl (C=O) groups is 2. The number of aryl methyl sites for hydroxylation is 1. The summed E-state index contributed by atoms with van der Waals surface area (Å²) in [7, 11) is 0. The molecule has 1 aromatic heterocycles. The van der Waals surface area contributed by atoms with Gasteiger partial charge >= 0.3 is 0 Å². The van der Waals surface area contributed by atoms with Gasteiger partial charge in [-0.05, 0) is 42.8 Å². The predicted molar refractivity (Wildman–Crippen MR) is 64.7 cm³/mol. The zero-order valence-electron chi connectivity index (χ0n) is 9.66. The van der Waals surface area contributed by atoms with Gasteiger partial charge in [-0.1, -0.05) is 0 Å². The predicted octanol–water partition coefficient (Wildman–Crippen LogP) is 0.837. The molecule has 5 nitrogen and oxygen atoms in total. The molecule has 0 saturated heterocycles. The first kappa shape index (κ1) is 12.0. The van der Waals surface area contributed by atoms with Gasteiger partial charge in [-0.2, -0.15) is 4.37 Å². The molecule has 0 aliphatic heterocycles. The van der Waals surface area contributed by atoms with Crippen molar-refractivity contribution in [3.63, 3.8) is 0 Å². The molecule has 1 aliphatic carbocycles. The molecule has 1 aromatic rings. The van der Waals surface area contributed by atoms with Crippen LogP contribution in [0.25, 0.3) is 0 Å². The van der Waals surface area contributed by atoms with Crippen molar-refractivity contribution < 1.29 is 9.59 Å². The molecular formula is C11H15N3O2S. The maximum atomic E-state index is 11.7. The molecule has 2 rings (SSSR count). The molecule has 17 heavy (non-hydrogen) atoms. The maximum absolute atomic E-state index is 11.7. The van der Waals surface area contributed by atoms with Crippen molar-refractivity contribution in [3.8, 4) is 0 Å². The zero-order valence-corrected chi connectivity index (χ0v) is 10.5. The maximum Gasteiger partial charge on any atom is 0.271 e. The highest BCUT2D eigenvalue weighted by Gasteiger charge is 2.43. The van der Waals surface area contributed by atoms with E-state index in [2.05, 4.69) is 9.69 Å². The third-order valence-electron chi connectivity index (χ3n) is 2.99. The van der Waals surface area contributed by atoms with E-state index >= 15 is 0 Å². The van der Waals surface area contributed by atoms with E-state index in [0.717, 1.165) is 17.7 Å². The van der Waals surface area contributed by atoms with Crippen LogP contribution in [-0.4, -0.2) is 22.7 Å². The highest BCUT2D eigenvalue weighted by Crippen LogP contribution is 2.47. The monoisotopic (exact) mass is 253 g/mol. The van der Waals surface area contributed by atoms with Crippen LogP contribution in [0.3, 0.4) is 0 Å². The first-order valence-corrected chi connectivity index (χ1v) is 6.28. The van der Waals surface area contributed by atoms with Gasteiger partial charge in [0.2, 0.25) is 5.91 Å². The van der Waals surface area contributed by atoms with Crippen LogP contribution < -0.4 is 11.1 Å². The van der Waals surface area contributed by atoms with Gasteiger partial charge in [0.25, 0.3) is 5.91 Å². The Morgan fingerprint density at radius 1 is 1.59 bits per heavy atom. The van der Waals surface area contributed by atoms with Gasteiger partial charge in [0, 0.05) is 17.8 Å². The van der Waals surface area contributed by atoms with Crippen LogP contribution in [0.1, 0.15) is 34.6 Å². The van der Waals surface area contributed by atoms with Crippen LogP contribution >= 0.6 is 11.5 Å². The van der Waals surface area contributed by atoms with E-state index in [1.807, 2.05) is 6.92 Å². The van der Waals surface area contributed by atoms with Crippen LogP contribution in [-0.2, 0) is 4.79 Å². The molecule has 6 heteroatoms. The third-order valence-corrected chi connectivity index (χ3v) is 3.68. The summed E-state index contributed by atoms with van der Waals surface area (Å²) >= 11 is 1.31. The minimum Gasteiger partial charge on any atom is -0.370 e. The second-order valence-corrected chi connectivity index (χ2v) is 5.66. The molecule has 0 spiro atoms. The summed E-state index contributed by atoms with van der Waals surface area (Å²) in [5.41, 5.74) is 5.53. The largest absolute Gasteiger partial charge is 0.370 e. The van der Waals surface area contributed by atoms with Crippen LogP contribution in [0.15, 0.2) is 6.07 Å². The lowest BCUT2D eigenvalue weighted by Crippen LogP contribution is -2.32. The summed E-state index contributed by atoms with van der Waals surface area (Å²) in [6.07, 6.45) is 2.25. The molecule has 1 aliphatic rings. The number of hydrogen-bond donors (Lipinski definition) is 2. The average molecular weight is 253 g/mol. The Hall–Kier alpha value is -1.43. The molecule has 1 fully saturated rings. The quantitative estimate of drug-likeness (QED) is 0.815. The number of primary amides is 1. The van der Waals surface area contributed by atoms with Crippen molar-refractivity contribution in [2.75, 3.05) is 6.54 Å².